The fourth-order valence-corrected chi connectivity index (χ4v) is 1.73. The van der Waals surface area contributed by atoms with Gasteiger partial charge in [0.1, 0.15) is 0 Å². The van der Waals surface area contributed by atoms with Crippen molar-refractivity contribution < 1.29 is 14.6 Å². The molecule has 0 unspecified atom stereocenters. The van der Waals surface area contributed by atoms with E-state index < -0.39 is 5.54 Å². The lowest BCUT2D eigenvalue weighted by atomic mass is 10.0. The molecule has 0 radical (unpaired) electrons. The van der Waals surface area contributed by atoms with E-state index in [1.807, 2.05) is 30.3 Å². The van der Waals surface area contributed by atoms with Crippen LogP contribution in [0, 0.1) is 0 Å². The molecular formula is C13H21NO3. The maximum Gasteiger partial charge on any atom is 0.0889 e. The number of ether oxygens (including phenoxy) is 2. The fourth-order valence-electron chi connectivity index (χ4n) is 1.73. The van der Waals surface area contributed by atoms with E-state index in [9.17, 15) is 5.11 Å². The molecule has 0 saturated heterocycles. The van der Waals surface area contributed by atoms with E-state index in [0.29, 0.717) is 19.8 Å². The topological polar surface area (TPSA) is 50.7 Å². The molecule has 0 atom stereocenters. The molecule has 1 aromatic rings. The highest BCUT2D eigenvalue weighted by atomic mass is 16.5. The SMILES string of the molecule is COCC(CO)(COC)NCc1ccccc1. The summed E-state index contributed by atoms with van der Waals surface area (Å²) in [6, 6.07) is 10.0. The van der Waals surface area contributed by atoms with Gasteiger partial charge in [-0.1, -0.05) is 30.3 Å². The molecule has 0 fully saturated rings. The molecule has 1 rings (SSSR count). The molecule has 0 amide bonds. The first-order chi connectivity index (χ1) is 8.26. The van der Waals surface area contributed by atoms with Crippen molar-refractivity contribution in [2.45, 2.75) is 12.1 Å². The molecule has 1 aromatic carbocycles. The Balaban J connectivity index is 2.59. The molecule has 0 aliphatic heterocycles. The highest BCUT2D eigenvalue weighted by Crippen LogP contribution is 2.08. The van der Waals surface area contributed by atoms with E-state index >= 15 is 0 Å². The van der Waals surface area contributed by atoms with Crippen LogP contribution in [0.25, 0.3) is 0 Å². The zero-order valence-corrected chi connectivity index (χ0v) is 10.5. The standard InChI is InChI=1S/C13H21NO3/c1-16-10-13(9-15,11-17-2)14-8-12-6-4-3-5-7-12/h3-7,14-15H,8-11H2,1-2H3. The summed E-state index contributed by atoms with van der Waals surface area (Å²) in [6.45, 7) is 1.46. The quantitative estimate of drug-likeness (QED) is 0.704. The van der Waals surface area contributed by atoms with Crippen molar-refractivity contribution in [3.63, 3.8) is 0 Å². The van der Waals surface area contributed by atoms with Gasteiger partial charge in [-0.05, 0) is 5.56 Å². The van der Waals surface area contributed by atoms with Gasteiger partial charge in [-0.25, -0.2) is 0 Å². The van der Waals surface area contributed by atoms with Gasteiger partial charge in [0.25, 0.3) is 0 Å². The number of aliphatic hydroxyl groups is 1. The number of methoxy groups -OCH3 is 2. The van der Waals surface area contributed by atoms with Gasteiger partial charge in [-0.2, -0.15) is 0 Å². The largest absolute Gasteiger partial charge is 0.394 e. The van der Waals surface area contributed by atoms with Crippen LogP contribution in [0.5, 0.6) is 0 Å². The third-order valence-electron chi connectivity index (χ3n) is 2.65. The average Bonchev–Trinajstić information content (AvgIpc) is 2.38. The Bertz CT molecular complexity index is 297. The Hall–Kier alpha value is -0.940. The summed E-state index contributed by atoms with van der Waals surface area (Å²) in [5, 5.41) is 12.8. The minimum Gasteiger partial charge on any atom is -0.394 e. The lowest BCUT2D eigenvalue weighted by molar-refractivity contribution is 0.00673. The Morgan fingerprint density at radius 2 is 1.71 bits per heavy atom. The number of rotatable bonds is 8. The highest BCUT2D eigenvalue weighted by molar-refractivity contribution is 5.14. The number of hydrogen-bond acceptors (Lipinski definition) is 4. The van der Waals surface area contributed by atoms with Gasteiger partial charge in [0.05, 0.1) is 25.4 Å². The molecule has 0 aliphatic carbocycles. The second kappa shape index (κ2) is 7.40. The van der Waals surface area contributed by atoms with Crippen LogP contribution in [0.2, 0.25) is 0 Å². The van der Waals surface area contributed by atoms with Gasteiger partial charge in [0.15, 0.2) is 0 Å². The van der Waals surface area contributed by atoms with Crippen LogP contribution in [0.15, 0.2) is 30.3 Å². The van der Waals surface area contributed by atoms with Crippen molar-refractivity contribution in [2.75, 3.05) is 34.0 Å². The second-order valence-corrected chi connectivity index (χ2v) is 4.14. The van der Waals surface area contributed by atoms with E-state index in [1.165, 1.54) is 0 Å². The minimum absolute atomic E-state index is 0.0263. The summed E-state index contributed by atoms with van der Waals surface area (Å²) in [4.78, 5) is 0. The van der Waals surface area contributed by atoms with Gasteiger partial charge in [-0.3, -0.25) is 0 Å². The third kappa shape index (κ3) is 4.44. The number of nitrogens with one attached hydrogen (secondary N) is 1. The normalized spacial score (nSPS) is 11.7. The molecule has 0 bridgehead atoms. The van der Waals surface area contributed by atoms with E-state index in [-0.39, 0.29) is 6.61 Å². The molecular weight excluding hydrogens is 218 g/mol. The molecule has 0 spiro atoms. The van der Waals surface area contributed by atoms with E-state index in [1.54, 1.807) is 14.2 Å². The van der Waals surface area contributed by atoms with Gasteiger partial charge >= 0.3 is 0 Å². The lowest BCUT2D eigenvalue weighted by Crippen LogP contribution is -2.55. The first kappa shape index (κ1) is 14.1. The van der Waals surface area contributed by atoms with Crippen LogP contribution in [-0.4, -0.2) is 44.7 Å². The van der Waals surface area contributed by atoms with Crippen LogP contribution in [0.1, 0.15) is 5.56 Å². The van der Waals surface area contributed by atoms with Crippen LogP contribution in [0.4, 0.5) is 0 Å². The van der Waals surface area contributed by atoms with Gasteiger partial charge in [-0.15, -0.1) is 0 Å². The van der Waals surface area contributed by atoms with E-state index in [2.05, 4.69) is 5.32 Å². The lowest BCUT2D eigenvalue weighted by Gasteiger charge is -2.31. The molecule has 4 heteroatoms. The maximum atomic E-state index is 9.49. The van der Waals surface area contributed by atoms with E-state index in [0.717, 1.165) is 5.56 Å². The van der Waals surface area contributed by atoms with Crippen molar-refractivity contribution in [2.24, 2.45) is 0 Å². The first-order valence-corrected chi connectivity index (χ1v) is 5.64. The summed E-state index contributed by atoms with van der Waals surface area (Å²) >= 11 is 0. The summed E-state index contributed by atoms with van der Waals surface area (Å²) in [7, 11) is 3.23. The second-order valence-electron chi connectivity index (χ2n) is 4.14. The Morgan fingerprint density at radius 3 is 2.18 bits per heavy atom. The summed E-state index contributed by atoms with van der Waals surface area (Å²) in [5.74, 6) is 0. The molecule has 96 valence electrons. The average molecular weight is 239 g/mol. The molecule has 0 heterocycles. The monoisotopic (exact) mass is 239 g/mol. The Morgan fingerprint density at radius 1 is 1.12 bits per heavy atom. The predicted octanol–water partition coefficient (Wildman–Crippen LogP) is 0.800. The zero-order chi connectivity index (χ0) is 12.6. The first-order valence-electron chi connectivity index (χ1n) is 5.64. The zero-order valence-electron chi connectivity index (χ0n) is 10.5. The third-order valence-corrected chi connectivity index (χ3v) is 2.65. The molecule has 0 saturated carbocycles. The molecule has 17 heavy (non-hydrogen) atoms. The van der Waals surface area contributed by atoms with Crippen molar-refractivity contribution in [1.29, 1.82) is 0 Å². The van der Waals surface area contributed by atoms with Crippen molar-refractivity contribution >= 4 is 0 Å². The van der Waals surface area contributed by atoms with Crippen molar-refractivity contribution in [3.05, 3.63) is 35.9 Å². The van der Waals surface area contributed by atoms with Crippen molar-refractivity contribution in [3.8, 4) is 0 Å². The van der Waals surface area contributed by atoms with Crippen LogP contribution in [0.3, 0.4) is 0 Å². The summed E-state index contributed by atoms with van der Waals surface area (Å²) in [6.07, 6.45) is 0. The Kier molecular flexibility index (Phi) is 6.15. The number of hydrogen-bond donors (Lipinski definition) is 2. The number of benzene rings is 1. The van der Waals surface area contributed by atoms with Crippen LogP contribution >= 0.6 is 0 Å². The Labute approximate surface area is 103 Å². The molecule has 4 nitrogen and oxygen atoms in total. The fraction of sp³-hybridized carbons (Fsp3) is 0.538. The van der Waals surface area contributed by atoms with Gasteiger partial charge < -0.3 is 19.9 Å². The smallest absolute Gasteiger partial charge is 0.0889 e. The highest BCUT2D eigenvalue weighted by Gasteiger charge is 2.28. The summed E-state index contributed by atoms with van der Waals surface area (Å²) < 4.78 is 10.3. The van der Waals surface area contributed by atoms with Crippen LogP contribution < -0.4 is 5.32 Å². The van der Waals surface area contributed by atoms with Crippen molar-refractivity contribution in [1.82, 2.24) is 5.32 Å². The predicted molar refractivity (Wildman–Crippen MR) is 66.9 cm³/mol. The number of aliphatic hydroxyl groups excluding tert-OH is 1. The van der Waals surface area contributed by atoms with E-state index in [4.69, 9.17) is 9.47 Å². The summed E-state index contributed by atoms with van der Waals surface area (Å²) in [5.41, 5.74) is 0.622. The van der Waals surface area contributed by atoms with Gasteiger partial charge in [0, 0.05) is 20.8 Å². The molecule has 0 aromatic heterocycles. The van der Waals surface area contributed by atoms with Gasteiger partial charge in [0.2, 0.25) is 0 Å². The maximum absolute atomic E-state index is 9.49. The minimum atomic E-state index is -0.542. The molecule has 0 aliphatic rings. The molecule has 2 N–H and O–H groups in total. The van der Waals surface area contributed by atoms with Crippen LogP contribution in [-0.2, 0) is 16.0 Å².